The van der Waals surface area contributed by atoms with Crippen molar-refractivity contribution in [2.45, 2.75) is 13.8 Å². The van der Waals surface area contributed by atoms with E-state index in [2.05, 4.69) is 97.0 Å². The monoisotopic (exact) mass is 323 g/mol. The average Bonchev–Trinajstić information content (AvgIpc) is 2.92. The first-order valence-corrected chi connectivity index (χ1v) is 8.58. The molecular weight excluding hydrogens is 302 g/mol. The second-order valence-electron chi connectivity index (χ2n) is 6.57. The highest BCUT2D eigenvalue weighted by atomic mass is 15.0. The summed E-state index contributed by atoms with van der Waals surface area (Å²) in [5.41, 5.74) is 5.97. The summed E-state index contributed by atoms with van der Waals surface area (Å²) in [6.07, 6.45) is 4.26. The van der Waals surface area contributed by atoms with Gasteiger partial charge in [-0.2, -0.15) is 0 Å². The van der Waals surface area contributed by atoms with Gasteiger partial charge in [0, 0.05) is 16.8 Å². The van der Waals surface area contributed by atoms with Crippen LogP contribution in [0.5, 0.6) is 0 Å². The maximum atomic E-state index is 4.00. The number of benzene rings is 3. The van der Waals surface area contributed by atoms with Gasteiger partial charge in [-0.25, -0.2) is 0 Å². The zero-order chi connectivity index (χ0) is 17.4. The Kier molecular flexibility index (Phi) is 3.77. The van der Waals surface area contributed by atoms with Gasteiger partial charge in [-0.3, -0.25) is 0 Å². The van der Waals surface area contributed by atoms with Gasteiger partial charge in [0.25, 0.3) is 0 Å². The van der Waals surface area contributed by atoms with Crippen molar-refractivity contribution in [3.63, 3.8) is 0 Å². The Labute approximate surface area is 148 Å². The molecule has 0 saturated carbocycles. The van der Waals surface area contributed by atoms with E-state index in [1.807, 2.05) is 6.92 Å². The van der Waals surface area contributed by atoms with E-state index in [-0.39, 0.29) is 0 Å². The van der Waals surface area contributed by atoms with E-state index in [0.29, 0.717) is 0 Å². The van der Waals surface area contributed by atoms with E-state index >= 15 is 0 Å². The molecule has 25 heavy (non-hydrogen) atoms. The Bertz CT molecular complexity index is 1130. The highest BCUT2D eigenvalue weighted by molar-refractivity contribution is 5.91. The predicted octanol–water partition coefficient (Wildman–Crippen LogP) is 6.68. The molecule has 0 spiro atoms. The Morgan fingerprint density at radius 1 is 0.920 bits per heavy atom. The molecule has 0 saturated heterocycles. The molecule has 4 aromatic rings. The van der Waals surface area contributed by atoms with Crippen LogP contribution in [0.3, 0.4) is 0 Å². The topological polar surface area (TPSA) is 4.93 Å². The van der Waals surface area contributed by atoms with Gasteiger partial charge in [0.2, 0.25) is 0 Å². The van der Waals surface area contributed by atoms with Crippen molar-refractivity contribution in [3.8, 4) is 5.69 Å². The fourth-order valence-electron chi connectivity index (χ4n) is 3.44. The zero-order valence-electron chi connectivity index (χ0n) is 14.7. The number of nitrogens with zero attached hydrogens (tertiary/aromatic N) is 1. The maximum Gasteiger partial charge on any atom is 0.0537 e. The Morgan fingerprint density at radius 2 is 1.64 bits per heavy atom. The van der Waals surface area contributed by atoms with Crippen molar-refractivity contribution >= 4 is 27.8 Å². The first kappa shape index (κ1) is 15.5. The van der Waals surface area contributed by atoms with Crippen molar-refractivity contribution in [2.75, 3.05) is 0 Å². The molecule has 0 aliphatic carbocycles. The maximum absolute atomic E-state index is 4.00. The quantitative estimate of drug-likeness (QED) is 0.370. The van der Waals surface area contributed by atoms with Crippen LogP contribution in [0, 0.1) is 6.92 Å². The van der Waals surface area contributed by atoms with Gasteiger partial charge in [0.05, 0.1) is 5.52 Å². The number of rotatable bonds is 3. The van der Waals surface area contributed by atoms with Crippen LogP contribution < -0.4 is 0 Å². The molecule has 0 unspecified atom stereocenters. The SMILES string of the molecule is C=C(C)/C=C\c1c(C)c2ccccc2n1-c1ccc2ccccc2c1. The van der Waals surface area contributed by atoms with Crippen LogP contribution >= 0.6 is 0 Å². The highest BCUT2D eigenvalue weighted by Gasteiger charge is 2.13. The Hall–Kier alpha value is -3.06. The summed E-state index contributed by atoms with van der Waals surface area (Å²) < 4.78 is 2.34. The summed E-state index contributed by atoms with van der Waals surface area (Å²) >= 11 is 0. The van der Waals surface area contributed by atoms with E-state index in [0.717, 1.165) is 5.57 Å². The smallest absolute Gasteiger partial charge is 0.0537 e. The molecule has 0 amide bonds. The third-order valence-corrected chi connectivity index (χ3v) is 4.69. The molecule has 0 aliphatic rings. The van der Waals surface area contributed by atoms with Crippen molar-refractivity contribution < 1.29 is 0 Å². The molecule has 0 radical (unpaired) electrons. The van der Waals surface area contributed by atoms with Crippen molar-refractivity contribution in [1.29, 1.82) is 0 Å². The third-order valence-electron chi connectivity index (χ3n) is 4.69. The Balaban J connectivity index is 2.04. The number of allylic oxidation sites excluding steroid dienone is 2. The van der Waals surface area contributed by atoms with Crippen LogP contribution in [0.2, 0.25) is 0 Å². The first-order valence-electron chi connectivity index (χ1n) is 8.58. The second kappa shape index (κ2) is 6.10. The molecule has 122 valence electrons. The summed E-state index contributed by atoms with van der Waals surface area (Å²) in [7, 11) is 0. The number of aryl methyl sites for hydroxylation is 1. The van der Waals surface area contributed by atoms with Crippen molar-refractivity contribution in [2.24, 2.45) is 0 Å². The average molecular weight is 323 g/mol. The fraction of sp³-hybridized carbons (Fsp3) is 0.0833. The van der Waals surface area contributed by atoms with Gasteiger partial charge in [-0.1, -0.05) is 66.8 Å². The van der Waals surface area contributed by atoms with Crippen LogP contribution in [-0.2, 0) is 0 Å². The van der Waals surface area contributed by atoms with Gasteiger partial charge < -0.3 is 4.57 Å². The first-order chi connectivity index (χ1) is 12.1. The standard InChI is InChI=1S/C24H21N/c1-17(2)12-15-23-18(3)22-10-6-7-11-24(22)25(23)21-14-13-19-8-4-5-9-20(19)16-21/h4-16H,1H2,2-3H3/b15-12-. The molecular formula is C24H21N. The van der Waals surface area contributed by atoms with Crippen molar-refractivity contribution in [3.05, 3.63) is 96.2 Å². The minimum Gasteiger partial charge on any atom is -0.310 e. The van der Waals surface area contributed by atoms with Crippen LogP contribution in [0.4, 0.5) is 0 Å². The molecule has 1 nitrogen and oxygen atoms in total. The second-order valence-corrected chi connectivity index (χ2v) is 6.57. The molecule has 1 heterocycles. The van der Waals surface area contributed by atoms with E-state index in [1.54, 1.807) is 0 Å². The third kappa shape index (κ3) is 2.68. The number of hydrogen-bond donors (Lipinski definition) is 0. The lowest BCUT2D eigenvalue weighted by atomic mass is 10.1. The summed E-state index contributed by atoms with van der Waals surface area (Å²) in [6, 6.07) is 23.7. The highest BCUT2D eigenvalue weighted by Crippen LogP contribution is 2.31. The molecule has 0 bridgehead atoms. The van der Waals surface area contributed by atoms with E-state index in [1.165, 1.54) is 38.6 Å². The molecule has 4 rings (SSSR count). The van der Waals surface area contributed by atoms with E-state index in [9.17, 15) is 0 Å². The lowest BCUT2D eigenvalue weighted by Gasteiger charge is -2.11. The molecule has 0 atom stereocenters. The van der Waals surface area contributed by atoms with E-state index < -0.39 is 0 Å². The number of hydrogen-bond acceptors (Lipinski definition) is 0. The van der Waals surface area contributed by atoms with Gasteiger partial charge in [-0.15, -0.1) is 0 Å². The lowest BCUT2D eigenvalue weighted by Crippen LogP contribution is -1.97. The summed E-state index contributed by atoms with van der Waals surface area (Å²) in [5, 5.41) is 3.81. The Morgan fingerprint density at radius 3 is 2.44 bits per heavy atom. The number of para-hydroxylation sites is 1. The molecule has 1 heteroatoms. The zero-order valence-corrected chi connectivity index (χ0v) is 14.7. The van der Waals surface area contributed by atoms with E-state index in [4.69, 9.17) is 0 Å². The molecule has 0 aliphatic heterocycles. The fourth-order valence-corrected chi connectivity index (χ4v) is 3.44. The minimum atomic E-state index is 1.05. The van der Waals surface area contributed by atoms with Crippen molar-refractivity contribution in [1.82, 2.24) is 4.57 Å². The van der Waals surface area contributed by atoms with Crippen LogP contribution in [-0.4, -0.2) is 4.57 Å². The molecule has 0 fully saturated rings. The van der Waals surface area contributed by atoms with Crippen LogP contribution in [0.25, 0.3) is 33.4 Å². The summed E-state index contributed by atoms with van der Waals surface area (Å²) in [6.45, 7) is 8.22. The number of aromatic nitrogens is 1. The van der Waals surface area contributed by atoms with Gasteiger partial charge >= 0.3 is 0 Å². The number of fused-ring (bicyclic) bond motifs is 2. The van der Waals surface area contributed by atoms with Gasteiger partial charge in [-0.05, 0) is 54.5 Å². The molecule has 3 aromatic carbocycles. The summed E-state index contributed by atoms with van der Waals surface area (Å²) in [4.78, 5) is 0. The minimum absolute atomic E-state index is 1.05. The normalized spacial score (nSPS) is 11.6. The van der Waals surface area contributed by atoms with Crippen LogP contribution in [0.15, 0.2) is 85.0 Å². The molecule has 1 aromatic heterocycles. The van der Waals surface area contributed by atoms with Gasteiger partial charge in [0.1, 0.15) is 0 Å². The largest absolute Gasteiger partial charge is 0.310 e. The lowest BCUT2D eigenvalue weighted by molar-refractivity contribution is 1.10. The summed E-state index contributed by atoms with van der Waals surface area (Å²) in [5.74, 6) is 0. The predicted molar refractivity (Wildman–Crippen MR) is 109 cm³/mol. The van der Waals surface area contributed by atoms with Gasteiger partial charge in [0.15, 0.2) is 0 Å². The van der Waals surface area contributed by atoms with Crippen LogP contribution in [0.1, 0.15) is 18.2 Å². The molecule has 0 N–H and O–H groups in total.